The van der Waals surface area contributed by atoms with Gasteiger partial charge in [-0.2, -0.15) is 0 Å². The maximum atomic E-state index is 13.3. The third-order valence-electron chi connectivity index (χ3n) is 12.7. The number of amides is 5. The van der Waals surface area contributed by atoms with Crippen LogP contribution in [0.5, 0.6) is 5.75 Å². The normalized spacial score (nSPS) is 17.9. The molecule has 17 nitrogen and oxygen atoms in total. The molecule has 7 rings (SSSR count). The average molecular weight is 959 g/mol. The Labute approximate surface area is 404 Å². The van der Waals surface area contributed by atoms with Crippen molar-refractivity contribution in [1.29, 1.82) is 0 Å². The number of piperidine rings is 1. The predicted octanol–water partition coefficient (Wildman–Crippen LogP) is 4.78. The average Bonchev–Trinajstić information content (AvgIpc) is 3.99. The van der Waals surface area contributed by atoms with Crippen molar-refractivity contribution in [2.45, 2.75) is 102 Å². The number of carbonyl (C=O) groups is 5. The number of anilines is 2. The fourth-order valence-electron chi connectivity index (χ4n) is 9.08. The van der Waals surface area contributed by atoms with Crippen molar-refractivity contribution in [3.8, 4) is 17.6 Å². The number of carbonyl (C=O) groups excluding carboxylic acids is 5. The van der Waals surface area contributed by atoms with E-state index in [4.69, 9.17) is 28.7 Å². The third kappa shape index (κ3) is 12.9. The van der Waals surface area contributed by atoms with E-state index in [0.717, 1.165) is 66.7 Å². The lowest BCUT2D eigenvalue weighted by Gasteiger charge is -2.43. The summed E-state index contributed by atoms with van der Waals surface area (Å²) in [6.45, 7) is 6.24. The number of rotatable bonds is 23. The Kier molecular flexibility index (Phi) is 19.5. The number of nitrogens with zero attached hydrogens (tertiary/aromatic N) is 5. The highest BCUT2D eigenvalue weighted by Crippen LogP contribution is 2.40. The molecule has 4 aliphatic rings. The van der Waals surface area contributed by atoms with Gasteiger partial charge in [-0.15, -0.1) is 12.4 Å². The van der Waals surface area contributed by atoms with Crippen molar-refractivity contribution in [1.82, 2.24) is 25.5 Å². The predicted molar refractivity (Wildman–Crippen MR) is 256 cm³/mol. The summed E-state index contributed by atoms with van der Waals surface area (Å²) >= 11 is 0. The standard InChI is InChI=1S/C50H63N7O10.ClH/c1-4-40-50(62)55(2)42-32-52-44(53-46(42)57(40)37-14-8-9-15-37)31-35-17-18-36(30-43(35)63-3)47(59)51-21-23-65-25-27-67-29-28-66-26-24-64-22-10-6-5-7-12-34-13-11-16-38-39(34)33-56(49(38)61)41-19-20-45(58)54-48(41)60;/h11,13,16-18,30,32,37,40-41H,4-6,8-10,14-15,19-29,31,33H2,1-3H3,(H,51,59)(H,54,58,60);1H/t40-,41?;/m1./s1. The molecule has 0 spiro atoms. The van der Waals surface area contributed by atoms with Gasteiger partial charge in [0.05, 0.1) is 59.6 Å². The van der Waals surface area contributed by atoms with Crippen LogP contribution < -0.4 is 25.2 Å². The first-order valence-corrected chi connectivity index (χ1v) is 23.6. The van der Waals surface area contributed by atoms with Gasteiger partial charge in [0.15, 0.2) is 5.82 Å². The van der Waals surface area contributed by atoms with Gasteiger partial charge in [0.2, 0.25) is 17.7 Å². The Hall–Kier alpha value is -5.64. The molecule has 1 aromatic heterocycles. The fourth-order valence-corrected chi connectivity index (χ4v) is 9.08. The number of likely N-dealkylation sites (N-methyl/N-ethyl adjacent to an activating group) is 1. The topological polar surface area (TPSA) is 191 Å². The monoisotopic (exact) mass is 957 g/mol. The number of fused-ring (bicyclic) bond motifs is 2. The molecule has 5 amide bonds. The molecule has 68 heavy (non-hydrogen) atoms. The highest BCUT2D eigenvalue weighted by atomic mass is 35.5. The Bertz CT molecular complexity index is 2310. The number of nitrogens with one attached hydrogen (secondary N) is 2. The maximum Gasteiger partial charge on any atom is 0.255 e. The molecule has 1 saturated heterocycles. The minimum atomic E-state index is -0.647. The second-order valence-electron chi connectivity index (χ2n) is 17.1. The minimum absolute atomic E-state index is 0. The van der Waals surface area contributed by atoms with Crippen LogP contribution in [0, 0.1) is 11.8 Å². The van der Waals surface area contributed by atoms with Gasteiger partial charge in [0.25, 0.3) is 11.8 Å². The smallest absolute Gasteiger partial charge is 0.255 e. The van der Waals surface area contributed by atoms with Gasteiger partial charge in [-0.25, -0.2) is 9.97 Å². The zero-order chi connectivity index (χ0) is 47.1. The zero-order valence-corrected chi connectivity index (χ0v) is 40.2. The molecule has 18 heteroatoms. The van der Waals surface area contributed by atoms with E-state index in [9.17, 15) is 24.0 Å². The molecule has 4 heterocycles. The number of ether oxygens (including phenoxy) is 5. The summed E-state index contributed by atoms with van der Waals surface area (Å²) in [5, 5.41) is 5.23. The van der Waals surface area contributed by atoms with E-state index >= 15 is 0 Å². The van der Waals surface area contributed by atoms with E-state index in [1.807, 2.05) is 18.2 Å². The molecule has 2 fully saturated rings. The van der Waals surface area contributed by atoms with Crippen LogP contribution in [-0.4, -0.2) is 136 Å². The number of aromatic nitrogens is 2. The highest BCUT2D eigenvalue weighted by molar-refractivity contribution is 6.06. The van der Waals surface area contributed by atoms with Crippen LogP contribution in [0.15, 0.2) is 42.6 Å². The van der Waals surface area contributed by atoms with E-state index < -0.39 is 11.9 Å². The first-order chi connectivity index (χ1) is 32.7. The number of unbranched alkanes of at least 4 members (excludes halogenated alkanes) is 2. The number of hydrogen-bond donors (Lipinski definition) is 2. The number of imide groups is 1. The van der Waals surface area contributed by atoms with Gasteiger partial charge in [-0.3, -0.25) is 29.3 Å². The van der Waals surface area contributed by atoms with Crippen molar-refractivity contribution in [3.63, 3.8) is 0 Å². The molecule has 0 radical (unpaired) electrons. The zero-order valence-electron chi connectivity index (χ0n) is 39.3. The van der Waals surface area contributed by atoms with Gasteiger partial charge in [-0.05, 0) is 68.4 Å². The summed E-state index contributed by atoms with van der Waals surface area (Å²) in [5.41, 5.74) is 4.23. The Morgan fingerprint density at radius 3 is 2.34 bits per heavy atom. The first-order valence-electron chi connectivity index (χ1n) is 23.6. The molecular weight excluding hydrogens is 894 g/mol. The lowest BCUT2D eigenvalue weighted by atomic mass is 10.0. The van der Waals surface area contributed by atoms with Gasteiger partial charge in [0, 0.05) is 74.3 Å². The van der Waals surface area contributed by atoms with Crippen molar-refractivity contribution in [2.75, 3.05) is 83.4 Å². The van der Waals surface area contributed by atoms with Crippen LogP contribution in [0.4, 0.5) is 11.5 Å². The quantitative estimate of drug-likeness (QED) is 0.0751. The maximum absolute atomic E-state index is 13.3. The number of hydrogen-bond acceptors (Lipinski definition) is 13. The number of benzene rings is 2. The van der Waals surface area contributed by atoms with Crippen LogP contribution >= 0.6 is 12.4 Å². The van der Waals surface area contributed by atoms with Gasteiger partial charge >= 0.3 is 0 Å². The second kappa shape index (κ2) is 25.6. The van der Waals surface area contributed by atoms with Crippen LogP contribution in [0.3, 0.4) is 0 Å². The second-order valence-corrected chi connectivity index (χ2v) is 17.1. The Morgan fingerprint density at radius 1 is 0.912 bits per heavy atom. The summed E-state index contributed by atoms with van der Waals surface area (Å²) < 4.78 is 28.2. The molecule has 3 aromatic rings. The molecular formula is C50H64ClN7O10. The first kappa shape index (κ1) is 51.7. The molecule has 2 atom stereocenters. The van der Waals surface area contributed by atoms with E-state index in [0.29, 0.717) is 114 Å². The Morgan fingerprint density at radius 2 is 1.63 bits per heavy atom. The van der Waals surface area contributed by atoms with Crippen LogP contribution in [-0.2, 0) is 46.3 Å². The van der Waals surface area contributed by atoms with E-state index in [1.54, 1.807) is 48.4 Å². The lowest BCUT2D eigenvalue weighted by Crippen LogP contribution is -2.55. The summed E-state index contributed by atoms with van der Waals surface area (Å²) in [5.74, 6) is 7.32. The molecule has 1 aliphatic carbocycles. The third-order valence-corrected chi connectivity index (χ3v) is 12.7. The van der Waals surface area contributed by atoms with Crippen molar-refractivity contribution in [2.24, 2.45) is 0 Å². The van der Waals surface area contributed by atoms with Gasteiger partial charge in [0.1, 0.15) is 29.3 Å². The van der Waals surface area contributed by atoms with E-state index in [-0.39, 0.29) is 54.5 Å². The Balaban J connectivity index is 0.00000761. The fraction of sp³-hybridized carbons (Fsp3) is 0.540. The van der Waals surface area contributed by atoms with E-state index in [1.165, 1.54) is 0 Å². The minimum Gasteiger partial charge on any atom is -0.496 e. The van der Waals surface area contributed by atoms with Crippen LogP contribution in [0.1, 0.15) is 114 Å². The summed E-state index contributed by atoms with van der Waals surface area (Å²) in [7, 11) is 3.38. The number of methoxy groups -OCH3 is 1. The number of halogens is 1. The van der Waals surface area contributed by atoms with Crippen molar-refractivity contribution in [3.05, 3.63) is 76.2 Å². The molecule has 1 saturated carbocycles. The van der Waals surface area contributed by atoms with Crippen LogP contribution in [0.25, 0.3) is 0 Å². The van der Waals surface area contributed by atoms with Crippen LogP contribution in [0.2, 0.25) is 0 Å². The molecule has 2 aromatic carbocycles. The van der Waals surface area contributed by atoms with Crippen molar-refractivity contribution < 1.29 is 47.7 Å². The highest BCUT2D eigenvalue weighted by Gasteiger charge is 2.42. The van der Waals surface area contributed by atoms with Gasteiger partial charge in [-0.1, -0.05) is 43.7 Å². The molecule has 366 valence electrons. The summed E-state index contributed by atoms with van der Waals surface area (Å²) in [6, 6.07) is 10.2. The van der Waals surface area contributed by atoms with Crippen molar-refractivity contribution >= 4 is 53.4 Å². The molecule has 0 bridgehead atoms. The molecule has 3 aliphatic heterocycles. The largest absolute Gasteiger partial charge is 0.496 e. The van der Waals surface area contributed by atoms with Gasteiger partial charge < -0.3 is 43.7 Å². The molecule has 1 unspecified atom stereocenters. The summed E-state index contributed by atoms with van der Waals surface area (Å²) in [6.07, 6.45) is 10.2. The summed E-state index contributed by atoms with van der Waals surface area (Å²) in [4.78, 5) is 78.3. The van der Waals surface area contributed by atoms with E-state index in [2.05, 4.69) is 39.3 Å². The molecule has 2 N–H and O–H groups in total. The SMILES string of the molecule is CC[C@@H]1C(=O)N(C)c2cnc(Cc3ccc(C(=O)NCCOCCOCCOCCOCCCCC#Cc4cccc5c4CN(C4CCC(=O)NC4=O)C5=O)cc3OC)nc2N1C1CCCC1.Cl. The lowest BCUT2D eigenvalue weighted by molar-refractivity contribution is -0.137.